The standard InChI is InChI=1S/C27H37N3O4S/c1-16-10-17-11-18-13-27(18,22(16)12-17)29-25(33)21-6-7-23(28-26(21)35-20-4-2-3-5-20)30-9-8-19(14-30)34-15-24(31)32/h6-7,16-20,22H,2-5,8-15H2,1H3,(H,29,33)(H,31,32)/t16?,17?,18?,19-,22?,27?/m0/s1. The van der Waals surface area contributed by atoms with E-state index in [0.717, 1.165) is 41.7 Å². The van der Waals surface area contributed by atoms with Gasteiger partial charge in [0.1, 0.15) is 17.5 Å². The lowest BCUT2D eigenvalue weighted by atomic mass is 9.82. The minimum atomic E-state index is -0.940. The molecule has 2 bridgehead atoms. The van der Waals surface area contributed by atoms with Crippen molar-refractivity contribution in [3.63, 3.8) is 0 Å². The number of ether oxygens (including phenoxy) is 1. The highest BCUT2D eigenvalue weighted by Gasteiger charge is 2.66. The van der Waals surface area contributed by atoms with Crippen molar-refractivity contribution in [2.24, 2.45) is 23.7 Å². The first-order valence-corrected chi connectivity index (χ1v) is 14.4. The molecule has 4 saturated carbocycles. The topological polar surface area (TPSA) is 91.8 Å². The molecule has 2 N–H and O–H groups in total. The summed E-state index contributed by atoms with van der Waals surface area (Å²) < 4.78 is 5.51. The summed E-state index contributed by atoms with van der Waals surface area (Å²) in [5, 5.41) is 13.8. The number of rotatable bonds is 8. The Morgan fingerprint density at radius 3 is 2.86 bits per heavy atom. The summed E-state index contributed by atoms with van der Waals surface area (Å²) in [5.74, 6) is 2.82. The smallest absolute Gasteiger partial charge is 0.329 e. The largest absolute Gasteiger partial charge is 0.480 e. The molecular weight excluding hydrogens is 462 g/mol. The second-order valence-electron chi connectivity index (χ2n) is 11.7. The van der Waals surface area contributed by atoms with Crippen molar-refractivity contribution in [2.45, 2.75) is 86.6 Å². The van der Waals surface area contributed by atoms with Gasteiger partial charge in [0.15, 0.2) is 0 Å². The van der Waals surface area contributed by atoms with Gasteiger partial charge in [-0.25, -0.2) is 9.78 Å². The summed E-state index contributed by atoms with van der Waals surface area (Å²) >= 11 is 1.78. The third kappa shape index (κ3) is 4.57. The number of nitrogens with zero attached hydrogens (tertiary/aromatic N) is 2. The average molecular weight is 500 g/mol. The number of anilines is 1. The van der Waals surface area contributed by atoms with Gasteiger partial charge >= 0.3 is 5.97 Å². The van der Waals surface area contributed by atoms with Crippen LogP contribution < -0.4 is 10.2 Å². The molecule has 0 spiro atoms. The van der Waals surface area contributed by atoms with Gasteiger partial charge < -0.3 is 20.1 Å². The molecule has 1 saturated heterocycles. The molecule has 8 heteroatoms. The van der Waals surface area contributed by atoms with Gasteiger partial charge in [-0.3, -0.25) is 4.79 Å². The first kappa shape index (κ1) is 23.6. The molecule has 4 aliphatic carbocycles. The van der Waals surface area contributed by atoms with Gasteiger partial charge in [0.25, 0.3) is 5.91 Å². The summed E-state index contributed by atoms with van der Waals surface area (Å²) in [4.78, 5) is 31.7. The van der Waals surface area contributed by atoms with Crippen LogP contribution in [0, 0.1) is 23.7 Å². The van der Waals surface area contributed by atoms with Crippen LogP contribution in [-0.4, -0.2) is 58.6 Å². The lowest BCUT2D eigenvalue weighted by Gasteiger charge is -2.32. The number of carboxylic acid groups (broad SMARTS) is 1. The number of aromatic nitrogens is 1. The second kappa shape index (κ2) is 9.25. The maximum atomic E-state index is 13.7. The molecular formula is C27H37N3O4S. The Hall–Kier alpha value is -1.80. The molecule has 0 aromatic carbocycles. The zero-order valence-electron chi connectivity index (χ0n) is 20.6. The number of hydrogen-bond acceptors (Lipinski definition) is 6. The van der Waals surface area contributed by atoms with Crippen LogP contribution in [0.4, 0.5) is 5.82 Å². The van der Waals surface area contributed by atoms with Gasteiger partial charge in [-0.15, -0.1) is 11.8 Å². The van der Waals surface area contributed by atoms with E-state index in [4.69, 9.17) is 14.8 Å². The molecule has 6 rings (SSSR count). The molecule has 1 aromatic heterocycles. The number of pyridine rings is 1. The molecule has 5 fully saturated rings. The van der Waals surface area contributed by atoms with Gasteiger partial charge in [-0.2, -0.15) is 0 Å². The molecule has 35 heavy (non-hydrogen) atoms. The van der Waals surface area contributed by atoms with Crippen LogP contribution in [0.1, 0.15) is 75.1 Å². The Bertz CT molecular complexity index is 999. The van der Waals surface area contributed by atoms with Crippen molar-refractivity contribution < 1.29 is 19.4 Å². The third-order valence-corrected chi connectivity index (χ3v) is 10.7. The van der Waals surface area contributed by atoms with Crippen LogP contribution in [0.3, 0.4) is 0 Å². The zero-order chi connectivity index (χ0) is 24.2. The summed E-state index contributed by atoms with van der Waals surface area (Å²) in [6.45, 7) is 3.52. The quantitative estimate of drug-likeness (QED) is 0.549. The van der Waals surface area contributed by atoms with E-state index >= 15 is 0 Å². The average Bonchev–Trinajstić information content (AvgIpc) is 3.23. The Morgan fingerprint density at radius 1 is 1.23 bits per heavy atom. The number of hydrogen-bond donors (Lipinski definition) is 2. The molecule has 5 unspecified atom stereocenters. The number of carbonyl (C=O) groups excluding carboxylic acids is 1. The van der Waals surface area contributed by atoms with E-state index < -0.39 is 5.97 Å². The van der Waals surface area contributed by atoms with Gasteiger partial charge in [0.2, 0.25) is 0 Å². The van der Waals surface area contributed by atoms with Crippen molar-refractivity contribution in [3.05, 3.63) is 17.7 Å². The van der Waals surface area contributed by atoms with Crippen molar-refractivity contribution in [2.75, 3.05) is 24.6 Å². The number of carboxylic acids is 1. The number of nitrogens with one attached hydrogen (secondary N) is 1. The highest BCUT2D eigenvalue weighted by atomic mass is 32.2. The molecule has 7 nitrogen and oxygen atoms in total. The maximum Gasteiger partial charge on any atom is 0.329 e. The van der Waals surface area contributed by atoms with Gasteiger partial charge in [-0.05, 0) is 80.8 Å². The highest BCUT2D eigenvalue weighted by Crippen LogP contribution is 2.65. The van der Waals surface area contributed by atoms with Crippen molar-refractivity contribution in [1.29, 1.82) is 0 Å². The lowest BCUT2D eigenvalue weighted by Crippen LogP contribution is -2.46. The van der Waals surface area contributed by atoms with Crippen LogP contribution in [0.25, 0.3) is 0 Å². The summed E-state index contributed by atoms with van der Waals surface area (Å²) in [6, 6.07) is 3.93. The van der Waals surface area contributed by atoms with E-state index in [1.807, 2.05) is 12.1 Å². The van der Waals surface area contributed by atoms with E-state index in [9.17, 15) is 9.59 Å². The van der Waals surface area contributed by atoms with Crippen molar-refractivity contribution in [3.8, 4) is 0 Å². The SMILES string of the molecule is CC1CC2CC3CC3(NC(=O)c3ccc(N4CC[C@H](OCC(=O)O)C4)nc3SC3CCCC3)C1C2. The number of aliphatic carboxylic acids is 1. The van der Waals surface area contributed by atoms with Gasteiger partial charge in [0, 0.05) is 23.9 Å². The molecule has 5 aliphatic rings. The van der Waals surface area contributed by atoms with Crippen molar-refractivity contribution in [1.82, 2.24) is 10.3 Å². The first-order valence-electron chi connectivity index (χ1n) is 13.5. The Labute approximate surface area is 211 Å². The fourth-order valence-electron chi connectivity index (χ4n) is 7.61. The molecule has 1 aromatic rings. The zero-order valence-corrected chi connectivity index (χ0v) is 21.4. The van der Waals surface area contributed by atoms with Gasteiger partial charge in [-0.1, -0.05) is 19.8 Å². The number of amides is 1. The predicted octanol–water partition coefficient (Wildman–Crippen LogP) is 4.35. The molecule has 6 atom stereocenters. The van der Waals surface area contributed by atoms with Crippen molar-refractivity contribution >= 4 is 29.5 Å². The summed E-state index contributed by atoms with van der Waals surface area (Å²) in [5.41, 5.74) is 0.734. The normalized spacial score (nSPS) is 35.8. The summed E-state index contributed by atoms with van der Waals surface area (Å²) in [7, 11) is 0. The Balaban J connectivity index is 1.20. The van der Waals surface area contributed by atoms with E-state index in [1.54, 1.807) is 11.8 Å². The number of thioether (sulfide) groups is 1. The molecule has 2 heterocycles. The minimum Gasteiger partial charge on any atom is -0.480 e. The Morgan fingerprint density at radius 2 is 2.06 bits per heavy atom. The monoisotopic (exact) mass is 499 g/mol. The van der Waals surface area contributed by atoms with E-state index in [-0.39, 0.29) is 24.2 Å². The number of fused-ring (bicyclic) bond motifs is 4. The molecule has 1 amide bonds. The van der Waals surface area contributed by atoms with E-state index in [0.29, 0.717) is 29.5 Å². The number of carbonyl (C=O) groups is 2. The predicted molar refractivity (Wildman–Crippen MR) is 135 cm³/mol. The Kier molecular flexibility index (Phi) is 6.24. The van der Waals surface area contributed by atoms with Gasteiger partial charge in [0.05, 0.1) is 11.7 Å². The third-order valence-electron chi connectivity index (χ3n) is 9.34. The first-order chi connectivity index (χ1) is 16.9. The van der Waals surface area contributed by atoms with Crippen LogP contribution in [0.5, 0.6) is 0 Å². The fraction of sp³-hybridized carbons (Fsp3) is 0.741. The lowest BCUT2D eigenvalue weighted by molar-refractivity contribution is -0.143. The van der Waals surface area contributed by atoms with Crippen LogP contribution in [0.15, 0.2) is 17.2 Å². The maximum absolute atomic E-state index is 13.7. The van der Waals surface area contributed by atoms with E-state index in [1.165, 1.54) is 44.9 Å². The molecule has 190 valence electrons. The highest BCUT2D eigenvalue weighted by molar-refractivity contribution is 7.99. The van der Waals surface area contributed by atoms with Crippen LogP contribution in [0.2, 0.25) is 0 Å². The molecule has 0 radical (unpaired) electrons. The van der Waals surface area contributed by atoms with Crippen LogP contribution in [-0.2, 0) is 9.53 Å². The minimum absolute atomic E-state index is 0.0150. The molecule has 1 aliphatic heterocycles. The van der Waals surface area contributed by atoms with E-state index in [2.05, 4.69) is 17.1 Å². The fourth-order valence-corrected chi connectivity index (χ4v) is 8.93. The van der Waals surface area contributed by atoms with Crippen LogP contribution >= 0.6 is 11.8 Å². The second-order valence-corrected chi connectivity index (χ2v) is 12.9. The summed E-state index contributed by atoms with van der Waals surface area (Å²) in [6.07, 6.45) is 10.6.